The highest BCUT2D eigenvalue weighted by molar-refractivity contribution is 7.89. The molecule has 1 aromatic rings. The normalized spacial score (nSPS) is 11.0. The maximum absolute atomic E-state index is 12.0. The van der Waals surface area contributed by atoms with Crippen molar-refractivity contribution >= 4 is 28.1 Å². The first-order valence-corrected chi connectivity index (χ1v) is 7.82. The monoisotopic (exact) mass is 337 g/mol. The summed E-state index contributed by atoms with van der Waals surface area (Å²) in [6.07, 6.45) is 0.980. The van der Waals surface area contributed by atoms with Crippen molar-refractivity contribution in [3.05, 3.63) is 33.9 Å². The number of nitrogens with one attached hydrogen (secondary N) is 2. The molecule has 9 heteroatoms. The van der Waals surface area contributed by atoms with Crippen LogP contribution in [0, 0.1) is 17.0 Å². The van der Waals surface area contributed by atoms with Gasteiger partial charge >= 0.3 is 0 Å². The SMILES string of the molecule is CCCNCCNS(=O)(=O)c1ccc([N+](=O)[O-])c(C)c1.Cl. The molecule has 0 atom stereocenters. The van der Waals surface area contributed by atoms with Gasteiger partial charge in [-0.3, -0.25) is 10.1 Å². The number of nitro benzene ring substituents is 1. The number of rotatable bonds is 8. The van der Waals surface area contributed by atoms with Crippen LogP contribution in [0.4, 0.5) is 5.69 Å². The fourth-order valence-electron chi connectivity index (χ4n) is 1.66. The molecular weight excluding hydrogens is 318 g/mol. The zero-order valence-electron chi connectivity index (χ0n) is 12.0. The van der Waals surface area contributed by atoms with Crippen LogP contribution in [0.25, 0.3) is 0 Å². The summed E-state index contributed by atoms with van der Waals surface area (Å²) in [5, 5.41) is 13.8. The third kappa shape index (κ3) is 5.96. The first kappa shape index (κ1) is 19.8. The van der Waals surface area contributed by atoms with Gasteiger partial charge in [0, 0.05) is 24.7 Å². The molecule has 120 valence electrons. The maximum Gasteiger partial charge on any atom is 0.272 e. The van der Waals surface area contributed by atoms with E-state index in [1.54, 1.807) is 0 Å². The molecule has 7 nitrogen and oxygen atoms in total. The molecule has 0 aliphatic rings. The minimum Gasteiger partial charge on any atom is -0.315 e. The Kier molecular flexibility index (Phi) is 8.41. The van der Waals surface area contributed by atoms with Crippen molar-refractivity contribution in [3.8, 4) is 0 Å². The van der Waals surface area contributed by atoms with E-state index in [4.69, 9.17) is 0 Å². The molecule has 0 saturated heterocycles. The Bertz CT molecular complexity index is 578. The van der Waals surface area contributed by atoms with Gasteiger partial charge < -0.3 is 5.32 Å². The van der Waals surface area contributed by atoms with Crippen LogP contribution in [0.5, 0.6) is 0 Å². The van der Waals surface area contributed by atoms with E-state index >= 15 is 0 Å². The van der Waals surface area contributed by atoms with Crippen LogP contribution in [0.1, 0.15) is 18.9 Å². The third-order valence-electron chi connectivity index (χ3n) is 2.70. The van der Waals surface area contributed by atoms with Crippen molar-refractivity contribution < 1.29 is 13.3 Å². The number of halogens is 1. The second-order valence-electron chi connectivity index (χ2n) is 4.35. The molecular formula is C12H20ClN3O4S. The number of sulfonamides is 1. The fraction of sp³-hybridized carbons (Fsp3) is 0.500. The predicted molar refractivity (Wildman–Crippen MR) is 83.4 cm³/mol. The number of hydrogen-bond donors (Lipinski definition) is 2. The highest BCUT2D eigenvalue weighted by Gasteiger charge is 2.17. The van der Waals surface area contributed by atoms with Crippen molar-refractivity contribution in [2.45, 2.75) is 25.2 Å². The van der Waals surface area contributed by atoms with E-state index in [2.05, 4.69) is 10.0 Å². The van der Waals surface area contributed by atoms with Crippen molar-refractivity contribution in [1.29, 1.82) is 0 Å². The summed E-state index contributed by atoms with van der Waals surface area (Å²) in [5.41, 5.74) is 0.232. The average Bonchev–Trinajstić information content (AvgIpc) is 2.37. The van der Waals surface area contributed by atoms with Gasteiger partial charge in [0.25, 0.3) is 5.69 Å². The van der Waals surface area contributed by atoms with Gasteiger partial charge in [-0.2, -0.15) is 0 Å². The van der Waals surface area contributed by atoms with E-state index in [-0.39, 0.29) is 29.5 Å². The lowest BCUT2D eigenvalue weighted by Crippen LogP contribution is -2.32. The van der Waals surface area contributed by atoms with E-state index in [1.165, 1.54) is 25.1 Å². The third-order valence-corrected chi connectivity index (χ3v) is 4.15. The zero-order chi connectivity index (χ0) is 15.2. The van der Waals surface area contributed by atoms with Gasteiger partial charge in [-0.25, -0.2) is 13.1 Å². The summed E-state index contributed by atoms with van der Waals surface area (Å²) in [4.78, 5) is 10.2. The van der Waals surface area contributed by atoms with Gasteiger partial charge in [-0.15, -0.1) is 12.4 Å². The van der Waals surface area contributed by atoms with E-state index in [0.717, 1.165) is 13.0 Å². The Morgan fingerprint density at radius 3 is 2.43 bits per heavy atom. The molecule has 0 spiro atoms. The Morgan fingerprint density at radius 2 is 1.90 bits per heavy atom. The molecule has 0 aromatic heterocycles. The molecule has 21 heavy (non-hydrogen) atoms. The number of nitrogens with zero attached hydrogens (tertiary/aromatic N) is 1. The van der Waals surface area contributed by atoms with Gasteiger partial charge in [0.15, 0.2) is 0 Å². The summed E-state index contributed by atoms with van der Waals surface area (Å²) in [7, 11) is -3.63. The maximum atomic E-state index is 12.0. The molecule has 0 amide bonds. The van der Waals surface area contributed by atoms with Crippen LogP contribution in [0.3, 0.4) is 0 Å². The predicted octanol–water partition coefficient (Wildman–Crippen LogP) is 1.60. The second kappa shape index (κ2) is 8.93. The smallest absolute Gasteiger partial charge is 0.272 e. The van der Waals surface area contributed by atoms with Gasteiger partial charge in [0.1, 0.15) is 0 Å². The van der Waals surface area contributed by atoms with E-state index in [0.29, 0.717) is 12.1 Å². The number of hydrogen-bond acceptors (Lipinski definition) is 5. The Hall–Kier alpha value is -1.22. The highest BCUT2D eigenvalue weighted by atomic mass is 35.5. The van der Waals surface area contributed by atoms with Crippen LogP contribution in [0.15, 0.2) is 23.1 Å². The summed E-state index contributed by atoms with van der Waals surface area (Å²) < 4.78 is 26.4. The lowest BCUT2D eigenvalue weighted by Gasteiger charge is -2.08. The highest BCUT2D eigenvalue weighted by Crippen LogP contribution is 2.21. The molecule has 2 N–H and O–H groups in total. The van der Waals surface area contributed by atoms with Crippen LogP contribution in [-0.2, 0) is 10.0 Å². The molecule has 1 aromatic carbocycles. The molecule has 0 radical (unpaired) electrons. The Labute approximate surface area is 130 Å². The standard InChI is InChI=1S/C12H19N3O4S.ClH/c1-3-6-13-7-8-14-20(18,19)11-4-5-12(15(16)17)10(2)9-11;/h4-5,9,13-14H,3,6-8H2,1-2H3;1H. The topological polar surface area (TPSA) is 101 Å². The Balaban J connectivity index is 0.00000400. The van der Waals surface area contributed by atoms with Crippen LogP contribution in [-0.4, -0.2) is 33.0 Å². The van der Waals surface area contributed by atoms with Gasteiger partial charge in [0.05, 0.1) is 9.82 Å². The molecule has 0 fully saturated rings. The van der Waals surface area contributed by atoms with Crippen molar-refractivity contribution in [2.24, 2.45) is 0 Å². The zero-order valence-corrected chi connectivity index (χ0v) is 13.6. The van der Waals surface area contributed by atoms with Gasteiger partial charge in [-0.05, 0) is 32.0 Å². The van der Waals surface area contributed by atoms with Gasteiger partial charge in [-0.1, -0.05) is 6.92 Å². The van der Waals surface area contributed by atoms with Crippen LogP contribution >= 0.6 is 12.4 Å². The number of aryl methyl sites for hydroxylation is 1. The first-order chi connectivity index (χ1) is 9.38. The van der Waals surface area contributed by atoms with E-state index in [9.17, 15) is 18.5 Å². The summed E-state index contributed by atoms with van der Waals surface area (Å²) in [6.45, 7) is 5.19. The fourth-order valence-corrected chi connectivity index (χ4v) is 2.78. The minimum atomic E-state index is -3.63. The summed E-state index contributed by atoms with van der Waals surface area (Å²) in [5.74, 6) is 0. The minimum absolute atomic E-state index is 0. The molecule has 0 aliphatic heterocycles. The Morgan fingerprint density at radius 1 is 1.24 bits per heavy atom. The number of nitro groups is 1. The molecule has 0 aliphatic carbocycles. The molecule has 0 heterocycles. The van der Waals surface area contributed by atoms with Crippen molar-refractivity contribution in [3.63, 3.8) is 0 Å². The van der Waals surface area contributed by atoms with Crippen molar-refractivity contribution in [2.75, 3.05) is 19.6 Å². The quantitative estimate of drug-likeness (QED) is 0.426. The average molecular weight is 338 g/mol. The lowest BCUT2D eigenvalue weighted by atomic mass is 10.2. The van der Waals surface area contributed by atoms with Crippen molar-refractivity contribution in [1.82, 2.24) is 10.0 Å². The molecule has 1 rings (SSSR count). The van der Waals surface area contributed by atoms with E-state index in [1.807, 2.05) is 6.92 Å². The van der Waals surface area contributed by atoms with Crippen LogP contribution < -0.4 is 10.0 Å². The second-order valence-corrected chi connectivity index (χ2v) is 6.12. The summed E-state index contributed by atoms with van der Waals surface area (Å²) >= 11 is 0. The van der Waals surface area contributed by atoms with Crippen LogP contribution in [0.2, 0.25) is 0 Å². The summed E-state index contributed by atoms with van der Waals surface area (Å²) in [6, 6.07) is 3.76. The molecule has 0 saturated carbocycles. The molecule has 0 unspecified atom stereocenters. The lowest BCUT2D eigenvalue weighted by molar-refractivity contribution is -0.385. The largest absolute Gasteiger partial charge is 0.315 e. The van der Waals surface area contributed by atoms with E-state index < -0.39 is 14.9 Å². The number of benzene rings is 1. The first-order valence-electron chi connectivity index (χ1n) is 6.34. The molecule has 0 bridgehead atoms. The van der Waals surface area contributed by atoms with Gasteiger partial charge in [0.2, 0.25) is 10.0 Å².